The number of benzene rings is 1. The molecule has 2 aromatic heterocycles. The van der Waals surface area contributed by atoms with Gasteiger partial charge in [0.05, 0.1) is 18.4 Å². The van der Waals surface area contributed by atoms with E-state index in [1.54, 1.807) is 10.6 Å². The van der Waals surface area contributed by atoms with Crippen molar-refractivity contribution in [3.63, 3.8) is 0 Å². The van der Waals surface area contributed by atoms with Crippen LogP contribution in [-0.2, 0) is 6.54 Å². The van der Waals surface area contributed by atoms with E-state index in [4.69, 9.17) is 4.42 Å². The molecule has 3 rings (SSSR count). The summed E-state index contributed by atoms with van der Waals surface area (Å²) in [5.74, 6) is -1.12. The van der Waals surface area contributed by atoms with E-state index in [1.807, 2.05) is 0 Å². The van der Waals surface area contributed by atoms with Gasteiger partial charge < -0.3 is 8.98 Å². The summed E-state index contributed by atoms with van der Waals surface area (Å²) in [6, 6.07) is 5.72. The summed E-state index contributed by atoms with van der Waals surface area (Å²) in [5, 5.41) is 7.27. The standard InChI is InChI=1S/C13H9F2N3O/c14-10-4-3-9(6-18-7-16-17-8-18)13(15)12(10)11-2-1-5-19-11/h1-5,7-8H,6H2. The van der Waals surface area contributed by atoms with Crippen LogP contribution in [0, 0.1) is 11.6 Å². The summed E-state index contributed by atoms with van der Waals surface area (Å²) in [6.07, 6.45) is 4.31. The van der Waals surface area contributed by atoms with Gasteiger partial charge in [0, 0.05) is 5.56 Å². The molecule has 0 aliphatic rings. The average molecular weight is 261 g/mol. The highest BCUT2D eigenvalue weighted by atomic mass is 19.1. The zero-order valence-electron chi connectivity index (χ0n) is 9.75. The normalized spacial score (nSPS) is 10.8. The van der Waals surface area contributed by atoms with Crippen molar-refractivity contribution < 1.29 is 13.2 Å². The second-order valence-corrected chi connectivity index (χ2v) is 4.01. The molecule has 0 N–H and O–H groups in total. The number of halogens is 2. The van der Waals surface area contributed by atoms with Crippen molar-refractivity contribution in [3.8, 4) is 11.3 Å². The smallest absolute Gasteiger partial charge is 0.142 e. The van der Waals surface area contributed by atoms with Crippen LogP contribution < -0.4 is 0 Å². The lowest BCUT2D eigenvalue weighted by Crippen LogP contribution is -2.02. The van der Waals surface area contributed by atoms with Crippen molar-refractivity contribution in [2.75, 3.05) is 0 Å². The van der Waals surface area contributed by atoms with E-state index in [0.717, 1.165) is 0 Å². The van der Waals surface area contributed by atoms with Crippen LogP contribution in [0.4, 0.5) is 8.78 Å². The molecule has 0 bridgehead atoms. The second kappa shape index (κ2) is 4.64. The Balaban J connectivity index is 2.06. The molecule has 0 aliphatic heterocycles. The van der Waals surface area contributed by atoms with Gasteiger partial charge >= 0.3 is 0 Å². The largest absolute Gasteiger partial charge is 0.464 e. The molecule has 1 aromatic carbocycles. The lowest BCUT2D eigenvalue weighted by atomic mass is 10.1. The van der Waals surface area contributed by atoms with Gasteiger partial charge in [-0.2, -0.15) is 0 Å². The lowest BCUT2D eigenvalue weighted by Gasteiger charge is -2.08. The minimum atomic E-state index is -0.653. The minimum Gasteiger partial charge on any atom is -0.464 e. The van der Waals surface area contributed by atoms with Gasteiger partial charge in [-0.3, -0.25) is 0 Å². The molecule has 4 nitrogen and oxygen atoms in total. The molecule has 19 heavy (non-hydrogen) atoms. The third kappa shape index (κ3) is 2.12. The molecule has 0 saturated heterocycles. The maximum atomic E-state index is 14.3. The van der Waals surface area contributed by atoms with Crippen molar-refractivity contribution in [2.24, 2.45) is 0 Å². The van der Waals surface area contributed by atoms with E-state index < -0.39 is 11.6 Å². The van der Waals surface area contributed by atoms with Crippen LogP contribution in [0.15, 0.2) is 47.6 Å². The van der Waals surface area contributed by atoms with Crippen molar-refractivity contribution in [1.82, 2.24) is 14.8 Å². The summed E-state index contributed by atoms with van der Waals surface area (Å²) in [4.78, 5) is 0. The number of aromatic nitrogens is 3. The Morgan fingerprint density at radius 3 is 2.58 bits per heavy atom. The van der Waals surface area contributed by atoms with Crippen LogP contribution in [0.1, 0.15) is 5.56 Å². The SMILES string of the molecule is Fc1ccc(Cn2cnnc2)c(F)c1-c1ccco1. The van der Waals surface area contributed by atoms with Gasteiger partial charge in [0.2, 0.25) is 0 Å². The van der Waals surface area contributed by atoms with Gasteiger partial charge in [0.15, 0.2) is 0 Å². The number of nitrogens with zero attached hydrogens (tertiary/aromatic N) is 3. The van der Waals surface area contributed by atoms with Crippen molar-refractivity contribution in [1.29, 1.82) is 0 Å². The summed E-state index contributed by atoms with van der Waals surface area (Å²) < 4.78 is 34.7. The summed E-state index contributed by atoms with van der Waals surface area (Å²) in [6.45, 7) is 0.229. The quantitative estimate of drug-likeness (QED) is 0.728. The van der Waals surface area contributed by atoms with E-state index in [-0.39, 0.29) is 17.9 Å². The Kier molecular flexibility index (Phi) is 2.83. The number of hydrogen-bond acceptors (Lipinski definition) is 3. The predicted octanol–water partition coefficient (Wildman–Crippen LogP) is 2.86. The summed E-state index contributed by atoms with van der Waals surface area (Å²) in [5.41, 5.74) is 0.183. The molecule has 96 valence electrons. The first kappa shape index (κ1) is 11.6. The number of furan rings is 1. The maximum Gasteiger partial charge on any atom is 0.142 e. The molecule has 3 aromatic rings. The predicted molar refractivity (Wildman–Crippen MR) is 63.2 cm³/mol. The highest BCUT2D eigenvalue weighted by molar-refractivity contribution is 5.60. The molecule has 6 heteroatoms. The van der Waals surface area contributed by atoms with Crippen molar-refractivity contribution in [3.05, 3.63) is 60.4 Å². The Morgan fingerprint density at radius 2 is 1.89 bits per heavy atom. The molecule has 0 saturated carbocycles. The third-order valence-corrected chi connectivity index (χ3v) is 2.76. The van der Waals surface area contributed by atoms with Crippen LogP contribution in [0.25, 0.3) is 11.3 Å². The molecular formula is C13H9F2N3O. The molecular weight excluding hydrogens is 252 g/mol. The van der Waals surface area contributed by atoms with Gasteiger partial charge in [-0.1, -0.05) is 6.07 Å². The molecule has 0 radical (unpaired) electrons. The van der Waals surface area contributed by atoms with Crippen LogP contribution in [0.5, 0.6) is 0 Å². The Labute approximate surface area is 107 Å². The molecule has 0 amide bonds. The topological polar surface area (TPSA) is 43.9 Å². The van der Waals surface area contributed by atoms with E-state index in [1.165, 1.54) is 37.1 Å². The van der Waals surface area contributed by atoms with Crippen LogP contribution in [0.2, 0.25) is 0 Å². The average Bonchev–Trinajstić information content (AvgIpc) is 3.06. The van der Waals surface area contributed by atoms with Crippen molar-refractivity contribution in [2.45, 2.75) is 6.54 Å². The fraction of sp³-hybridized carbons (Fsp3) is 0.0769. The van der Waals surface area contributed by atoms with E-state index in [9.17, 15) is 8.78 Å². The van der Waals surface area contributed by atoms with Gasteiger partial charge in [0.25, 0.3) is 0 Å². The van der Waals surface area contributed by atoms with E-state index in [2.05, 4.69) is 10.2 Å². The summed E-state index contributed by atoms with van der Waals surface area (Å²) in [7, 11) is 0. The molecule has 0 atom stereocenters. The molecule has 0 fully saturated rings. The third-order valence-electron chi connectivity index (χ3n) is 2.76. The van der Waals surface area contributed by atoms with Crippen LogP contribution in [0.3, 0.4) is 0 Å². The fourth-order valence-corrected chi connectivity index (χ4v) is 1.86. The Bertz CT molecular complexity index is 678. The maximum absolute atomic E-state index is 14.3. The van der Waals surface area contributed by atoms with Crippen LogP contribution >= 0.6 is 0 Å². The number of hydrogen-bond donors (Lipinski definition) is 0. The van der Waals surface area contributed by atoms with E-state index >= 15 is 0 Å². The Hall–Kier alpha value is -2.50. The molecule has 0 aliphatic carbocycles. The molecule has 2 heterocycles. The van der Waals surface area contributed by atoms with E-state index in [0.29, 0.717) is 5.56 Å². The van der Waals surface area contributed by atoms with Crippen LogP contribution in [-0.4, -0.2) is 14.8 Å². The monoisotopic (exact) mass is 261 g/mol. The van der Waals surface area contributed by atoms with Crippen molar-refractivity contribution >= 4 is 0 Å². The highest BCUT2D eigenvalue weighted by Gasteiger charge is 2.17. The van der Waals surface area contributed by atoms with Gasteiger partial charge in [-0.15, -0.1) is 10.2 Å². The zero-order chi connectivity index (χ0) is 13.2. The first-order chi connectivity index (χ1) is 9.25. The van der Waals surface area contributed by atoms with Gasteiger partial charge in [-0.25, -0.2) is 8.78 Å². The molecule has 0 spiro atoms. The first-order valence-corrected chi connectivity index (χ1v) is 5.59. The second-order valence-electron chi connectivity index (χ2n) is 4.01. The lowest BCUT2D eigenvalue weighted by molar-refractivity contribution is 0.540. The van der Waals surface area contributed by atoms with Gasteiger partial charge in [-0.05, 0) is 18.2 Å². The highest BCUT2D eigenvalue weighted by Crippen LogP contribution is 2.28. The number of rotatable bonds is 3. The molecule has 0 unspecified atom stereocenters. The zero-order valence-corrected chi connectivity index (χ0v) is 9.75. The summed E-state index contributed by atoms with van der Waals surface area (Å²) >= 11 is 0. The minimum absolute atomic E-state index is 0.157. The first-order valence-electron chi connectivity index (χ1n) is 5.59. The fourth-order valence-electron chi connectivity index (χ4n) is 1.86. The van der Waals surface area contributed by atoms with Gasteiger partial charge in [0.1, 0.15) is 30.0 Å². The Morgan fingerprint density at radius 1 is 1.11 bits per heavy atom.